The number of hydrogen-bond acceptors (Lipinski definition) is 2. The molecule has 0 unspecified atom stereocenters. The highest BCUT2D eigenvalue weighted by Crippen LogP contribution is 2.12. The normalized spacial score (nSPS) is 9.27. The minimum Gasteiger partial charge on any atom is -0.440 e. The maximum absolute atomic E-state index is 5.06. The van der Waals surface area contributed by atoms with Crippen molar-refractivity contribution in [2.75, 3.05) is 0 Å². The van der Waals surface area contributed by atoms with Gasteiger partial charge in [-0.1, -0.05) is 30.3 Å². The van der Waals surface area contributed by atoms with Gasteiger partial charge in [0.1, 0.15) is 5.75 Å². The number of hydrogen-bond donors (Lipinski definition) is 1. The largest absolute Gasteiger partial charge is 0.440 e. The van der Waals surface area contributed by atoms with Crippen LogP contribution >= 0.6 is 24.8 Å². The quantitative estimate of drug-likeness (QED) is 0.530. The molecule has 1 aromatic carbocycles. The minimum absolute atomic E-state index is 0.244. The Labute approximate surface area is 76.8 Å². The van der Waals surface area contributed by atoms with Crippen molar-refractivity contribution in [3.8, 4) is 5.75 Å². The maximum atomic E-state index is 5.06. The molecule has 0 N–H and O–H groups in total. The van der Waals surface area contributed by atoms with Gasteiger partial charge in [0, 0.05) is 0 Å². The molecule has 1 nitrogen and oxygen atoms in total. The zero-order valence-electron chi connectivity index (χ0n) is 6.07. The number of rotatable bonds is 1. The molecule has 0 aliphatic heterocycles. The molecule has 3 heteroatoms. The Morgan fingerprint density at radius 2 is 1.91 bits per heavy atom. The zero-order chi connectivity index (χ0) is 8.27. The smallest absolute Gasteiger partial charge is 0.222 e. The van der Waals surface area contributed by atoms with Crippen molar-refractivity contribution in [3.63, 3.8) is 0 Å². The molecule has 0 aliphatic rings. The Kier molecular flexibility index (Phi) is 2.91. The third kappa shape index (κ3) is 2.91. The van der Waals surface area contributed by atoms with Crippen molar-refractivity contribution in [2.45, 2.75) is 6.92 Å². The molecular formula is C8H8OS2. The van der Waals surface area contributed by atoms with Gasteiger partial charge >= 0.3 is 0 Å². The summed E-state index contributed by atoms with van der Waals surface area (Å²) in [4.78, 5) is 0. The van der Waals surface area contributed by atoms with Gasteiger partial charge in [0.2, 0.25) is 4.38 Å². The summed E-state index contributed by atoms with van der Waals surface area (Å²) in [5.41, 5.74) is 1.20. The number of aryl methyl sites for hydroxylation is 1. The Hall–Kier alpha value is -0.540. The number of thiol groups is 1. The fraction of sp³-hybridized carbons (Fsp3) is 0.125. The average molecular weight is 184 g/mol. The number of ether oxygens (including phenoxy) is 1. The third-order valence-corrected chi connectivity index (χ3v) is 1.40. The van der Waals surface area contributed by atoms with Gasteiger partial charge in [-0.25, -0.2) is 0 Å². The van der Waals surface area contributed by atoms with E-state index in [9.17, 15) is 0 Å². The fourth-order valence-electron chi connectivity index (χ4n) is 0.707. The molecule has 0 spiro atoms. The zero-order valence-corrected chi connectivity index (χ0v) is 7.78. The van der Waals surface area contributed by atoms with Gasteiger partial charge in [-0.3, -0.25) is 0 Å². The van der Waals surface area contributed by atoms with E-state index in [0.717, 1.165) is 5.75 Å². The lowest BCUT2D eigenvalue weighted by molar-refractivity contribution is 0.579. The second-order valence-electron chi connectivity index (χ2n) is 2.18. The predicted octanol–water partition coefficient (Wildman–Crippen LogP) is 2.59. The summed E-state index contributed by atoms with van der Waals surface area (Å²) in [6, 6.07) is 7.64. The first-order valence-corrected chi connectivity index (χ1v) is 4.01. The molecule has 1 aromatic rings. The van der Waals surface area contributed by atoms with Gasteiger partial charge in [0.25, 0.3) is 0 Å². The number of thiocarbonyl (C=S) groups is 1. The van der Waals surface area contributed by atoms with Gasteiger partial charge < -0.3 is 4.74 Å². The fourth-order valence-corrected chi connectivity index (χ4v) is 0.909. The topological polar surface area (TPSA) is 9.23 Å². The van der Waals surface area contributed by atoms with Gasteiger partial charge in [-0.05, 0) is 31.3 Å². The first-order chi connectivity index (χ1) is 5.18. The molecule has 11 heavy (non-hydrogen) atoms. The van der Waals surface area contributed by atoms with Crippen molar-refractivity contribution in [3.05, 3.63) is 29.8 Å². The van der Waals surface area contributed by atoms with Crippen molar-refractivity contribution in [1.29, 1.82) is 0 Å². The van der Waals surface area contributed by atoms with Crippen LogP contribution in [0.1, 0.15) is 5.56 Å². The van der Waals surface area contributed by atoms with Crippen LogP contribution in [-0.2, 0) is 0 Å². The Balaban J connectivity index is 2.74. The molecule has 0 saturated carbocycles. The Morgan fingerprint density at radius 1 is 1.36 bits per heavy atom. The van der Waals surface area contributed by atoms with Crippen LogP contribution in [0.3, 0.4) is 0 Å². The molecule has 0 saturated heterocycles. The molecule has 0 heterocycles. The Bertz CT molecular complexity index is 253. The van der Waals surface area contributed by atoms with Crippen molar-refractivity contribution < 1.29 is 4.74 Å². The van der Waals surface area contributed by atoms with E-state index in [2.05, 4.69) is 24.8 Å². The van der Waals surface area contributed by atoms with Crippen LogP contribution in [0.5, 0.6) is 5.75 Å². The lowest BCUT2D eigenvalue weighted by Crippen LogP contribution is -1.94. The summed E-state index contributed by atoms with van der Waals surface area (Å²) >= 11 is 8.50. The van der Waals surface area contributed by atoms with E-state index in [1.807, 2.05) is 31.2 Å². The molecule has 0 radical (unpaired) electrons. The SMILES string of the molecule is Cc1ccc(OC(=S)S)cc1. The minimum atomic E-state index is 0.244. The number of benzene rings is 1. The highest BCUT2D eigenvalue weighted by molar-refractivity contribution is 8.10. The second kappa shape index (κ2) is 3.74. The van der Waals surface area contributed by atoms with Gasteiger partial charge in [-0.15, -0.1) is 0 Å². The second-order valence-corrected chi connectivity index (χ2v) is 3.26. The summed E-state index contributed by atoms with van der Waals surface area (Å²) in [5, 5.41) is 0. The highest BCUT2D eigenvalue weighted by Gasteiger charge is 1.92. The van der Waals surface area contributed by atoms with Crippen LogP contribution < -0.4 is 4.74 Å². The molecule has 58 valence electrons. The highest BCUT2D eigenvalue weighted by atomic mass is 32.1. The van der Waals surface area contributed by atoms with Crippen molar-refractivity contribution >= 4 is 29.2 Å². The molecule has 0 fully saturated rings. The molecule has 0 amide bonds. The lowest BCUT2D eigenvalue weighted by Gasteiger charge is -2.00. The van der Waals surface area contributed by atoms with Crippen LogP contribution in [0.2, 0.25) is 0 Å². The molecule has 1 rings (SSSR count). The predicted molar refractivity (Wildman–Crippen MR) is 53.4 cm³/mol. The molecular weight excluding hydrogens is 176 g/mol. The van der Waals surface area contributed by atoms with Crippen LogP contribution in [0.15, 0.2) is 24.3 Å². The average Bonchev–Trinajstić information content (AvgIpc) is 1.93. The third-order valence-electron chi connectivity index (χ3n) is 1.23. The molecule has 0 atom stereocenters. The van der Waals surface area contributed by atoms with E-state index in [-0.39, 0.29) is 4.38 Å². The lowest BCUT2D eigenvalue weighted by atomic mass is 10.2. The van der Waals surface area contributed by atoms with Gasteiger partial charge in [0.15, 0.2) is 0 Å². The van der Waals surface area contributed by atoms with E-state index >= 15 is 0 Å². The van der Waals surface area contributed by atoms with Gasteiger partial charge in [0.05, 0.1) is 0 Å². The molecule has 0 aliphatic carbocycles. The monoisotopic (exact) mass is 184 g/mol. The first kappa shape index (κ1) is 8.56. The van der Waals surface area contributed by atoms with E-state index in [4.69, 9.17) is 4.74 Å². The standard InChI is InChI=1S/C8H8OS2/c1-6-2-4-7(5-3-6)9-8(10)11/h2-5H,1H3,(H,10,11). The van der Waals surface area contributed by atoms with Crippen LogP contribution in [-0.4, -0.2) is 4.38 Å². The van der Waals surface area contributed by atoms with Crippen molar-refractivity contribution in [2.24, 2.45) is 0 Å². The van der Waals surface area contributed by atoms with E-state index < -0.39 is 0 Å². The van der Waals surface area contributed by atoms with Crippen molar-refractivity contribution in [1.82, 2.24) is 0 Å². The summed E-state index contributed by atoms with van der Waals surface area (Å²) in [7, 11) is 0. The molecule has 0 aromatic heterocycles. The van der Waals surface area contributed by atoms with E-state index in [0.29, 0.717) is 0 Å². The van der Waals surface area contributed by atoms with Crippen LogP contribution in [0.25, 0.3) is 0 Å². The summed E-state index contributed by atoms with van der Waals surface area (Å²) < 4.78 is 5.31. The summed E-state index contributed by atoms with van der Waals surface area (Å²) in [5.74, 6) is 0.732. The van der Waals surface area contributed by atoms with E-state index in [1.54, 1.807) is 0 Å². The molecule has 0 bridgehead atoms. The van der Waals surface area contributed by atoms with Crippen LogP contribution in [0, 0.1) is 6.92 Å². The van der Waals surface area contributed by atoms with Crippen LogP contribution in [0.4, 0.5) is 0 Å². The maximum Gasteiger partial charge on any atom is 0.222 e. The summed E-state index contributed by atoms with van der Waals surface area (Å²) in [6.07, 6.45) is 0. The first-order valence-electron chi connectivity index (χ1n) is 3.16. The van der Waals surface area contributed by atoms with E-state index in [1.165, 1.54) is 5.56 Å². The summed E-state index contributed by atoms with van der Waals surface area (Å²) in [6.45, 7) is 2.02. The Morgan fingerprint density at radius 3 is 2.36 bits per heavy atom. The van der Waals surface area contributed by atoms with Gasteiger partial charge in [-0.2, -0.15) is 0 Å².